The zero-order valence-electron chi connectivity index (χ0n) is 3.50. The van der Waals surface area contributed by atoms with Crippen LogP contribution in [-0.4, -0.2) is 5.11 Å². The quantitative estimate of drug-likeness (QED) is 0.764. The van der Waals surface area contributed by atoms with Gasteiger partial charge in [0.25, 0.3) is 0 Å². The molecule has 0 bridgehead atoms. The minimum Gasteiger partial charge on any atom is -0.499 e. The van der Waals surface area contributed by atoms with Gasteiger partial charge in [0, 0.05) is 21.1 Å². The molecule has 0 aliphatic heterocycles. The van der Waals surface area contributed by atoms with Gasteiger partial charge >= 0.3 is 0 Å². The van der Waals surface area contributed by atoms with Crippen LogP contribution in [0.3, 0.4) is 0 Å². The van der Waals surface area contributed by atoms with Crippen molar-refractivity contribution in [1.82, 2.24) is 0 Å². The Morgan fingerprint density at radius 2 is 2.29 bits per heavy atom. The van der Waals surface area contributed by atoms with E-state index in [4.69, 9.17) is 5.11 Å². The molecule has 0 aliphatic carbocycles. The van der Waals surface area contributed by atoms with Gasteiger partial charge < -0.3 is 5.11 Å². The van der Waals surface area contributed by atoms with Gasteiger partial charge in [-0.1, -0.05) is 0 Å². The molecule has 1 heterocycles. The van der Waals surface area contributed by atoms with Crippen LogP contribution in [0.1, 0.15) is 0 Å². The van der Waals surface area contributed by atoms with E-state index in [9.17, 15) is 0 Å². The molecule has 0 radical (unpaired) electrons. The van der Waals surface area contributed by atoms with E-state index in [0.717, 1.165) is 0 Å². The molecule has 0 aromatic carbocycles. The maximum Gasteiger partial charge on any atom is 0.171 e. The molecule has 0 fully saturated rings. The van der Waals surface area contributed by atoms with Crippen LogP contribution in [0.5, 0.6) is 5.06 Å². The summed E-state index contributed by atoms with van der Waals surface area (Å²) in [5.74, 6) is 0. The van der Waals surface area contributed by atoms with Crippen LogP contribution in [0.15, 0.2) is 17.5 Å². The summed E-state index contributed by atoms with van der Waals surface area (Å²) in [6, 6.07) is 3.46. The monoisotopic (exact) mass is 284 g/mol. The first-order valence-corrected chi connectivity index (χ1v) is 2.50. The topological polar surface area (TPSA) is 20.2 Å². The molecule has 0 aliphatic rings. The summed E-state index contributed by atoms with van der Waals surface area (Å²) >= 11 is 1.33. The van der Waals surface area contributed by atoms with E-state index < -0.39 is 0 Å². The van der Waals surface area contributed by atoms with E-state index in [2.05, 4.69) is 0 Å². The fourth-order valence-electron chi connectivity index (χ4n) is 0.270. The summed E-state index contributed by atoms with van der Waals surface area (Å²) in [5, 5.41) is 10.7. The number of aromatic hydroxyl groups is 1. The Bertz CT molecular complexity index is 115. The second kappa shape index (κ2) is 3.22. The first-order chi connectivity index (χ1) is 2.89. The molecule has 38 valence electrons. The van der Waals surface area contributed by atoms with Crippen LogP contribution in [0.2, 0.25) is 0 Å². The van der Waals surface area contributed by atoms with E-state index >= 15 is 0 Å². The van der Waals surface area contributed by atoms with Crippen LogP contribution in [0, 0.1) is 0 Å². The van der Waals surface area contributed by atoms with Crippen LogP contribution >= 0.6 is 11.3 Å². The van der Waals surface area contributed by atoms with Crippen molar-refractivity contribution in [1.29, 1.82) is 0 Å². The maximum absolute atomic E-state index is 8.49. The fourth-order valence-corrected chi connectivity index (χ4v) is 0.724. The summed E-state index contributed by atoms with van der Waals surface area (Å²) < 4.78 is 0. The van der Waals surface area contributed by atoms with Gasteiger partial charge in [0.15, 0.2) is 5.06 Å². The third kappa shape index (κ3) is 2.10. The van der Waals surface area contributed by atoms with Crippen molar-refractivity contribution in [2.45, 2.75) is 0 Å². The Kier molecular flexibility index (Phi) is 3.31. The predicted octanol–water partition coefficient (Wildman–Crippen LogP) is 1.45. The smallest absolute Gasteiger partial charge is 0.171 e. The summed E-state index contributed by atoms with van der Waals surface area (Å²) in [4.78, 5) is 0. The van der Waals surface area contributed by atoms with Crippen LogP contribution in [0.4, 0.5) is 0 Å². The van der Waals surface area contributed by atoms with Crippen molar-refractivity contribution in [3.8, 4) is 5.06 Å². The standard InChI is InChI=1S/C4H4OS.W/c5-4-2-1-3-6-4;/h1-3,5H;. The van der Waals surface area contributed by atoms with Crippen molar-refractivity contribution in [3.63, 3.8) is 0 Å². The summed E-state index contributed by atoms with van der Waals surface area (Å²) in [6.07, 6.45) is 0. The van der Waals surface area contributed by atoms with Gasteiger partial charge in [0.05, 0.1) is 0 Å². The molecule has 0 saturated heterocycles. The molecule has 7 heavy (non-hydrogen) atoms. The summed E-state index contributed by atoms with van der Waals surface area (Å²) in [7, 11) is 0. The number of hydrogen-bond acceptors (Lipinski definition) is 2. The largest absolute Gasteiger partial charge is 0.499 e. The molecule has 1 rings (SSSR count). The minimum absolute atomic E-state index is 0. The molecule has 3 heteroatoms. The Morgan fingerprint density at radius 3 is 2.43 bits per heavy atom. The van der Waals surface area contributed by atoms with E-state index in [1.807, 2.05) is 5.38 Å². The molecule has 0 atom stereocenters. The Morgan fingerprint density at radius 1 is 1.57 bits per heavy atom. The van der Waals surface area contributed by atoms with Crippen LogP contribution in [-0.2, 0) is 21.1 Å². The van der Waals surface area contributed by atoms with Crippen LogP contribution in [0.25, 0.3) is 0 Å². The first-order valence-electron chi connectivity index (χ1n) is 1.62. The second-order valence-electron chi connectivity index (χ2n) is 0.951. The zero-order valence-corrected chi connectivity index (χ0v) is 7.25. The second-order valence-corrected chi connectivity index (χ2v) is 1.88. The average Bonchev–Trinajstić information content (AvgIpc) is 1.86. The molecular formula is C4H4OSW. The third-order valence-electron chi connectivity index (χ3n) is 0.506. The molecule has 1 aromatic rings. The Balaban J connectivity index is 0.000000360. The van der Waals surface area contributed by atoms with Gasteiger partial charge in [-0.2, -0.15) is 0 Å². The Labute approximate surface area is 60.3 Å². The normalized spacial score (nSPS) is 7.43. The van der Waals surface area contributed by atoms with Crippen molar-refractivity contribution >= 4 is 11.3 Å². The number of hydrogen-bond donors (Lipinski definition) is 1. The van der Waals surface area contributed by atoms with Gasteiger partial charge in [0.2, 0.25) is 0 Å². The van der Waals surface area contributed by atoms with Gasteiger partial charge in [0.1, 0.15) is 0 Å². The molecular weight excluding hydrogens is 280 g/mol. The molecule has 1 N–H and O–H groups in total. The van der Waals surface area contributed by atoms with Gasteiger partial charge in [-0.15, -0.1) is 11.3 Å². The summed E-state index contributed by atoms with van der Waals surface area (Å²) in [6.45, 7) is 0. The van der Waals surface area contributed by atoms with Crippen molar-refractivity contribution in [3.05, 3.63) is 17.5 Å². The SMILES string of the molecule is Oc1cccs1.[W]. The zero-order chi connectivity index (χ0) is 4.41. The Hall–Kier alpha value is 0.188. The van der Waals surface area contributed by atoms with Crippen molar-refractivity contribution in [2.75, 3.05) is 0 Å². The summed E-state index contributed by atoms with van der Waals surface area (Å²) in [5.41, 5.74) is 0. The average molecular weight is 284 g/mol. The van der Waals surface area contributed by atoms with Crippen LogP contribution < -0.4 is 0 Å². The molecule has 0 unspecified atom stereocenters. The molecule has 0 saturated carbocycles. The van der Waals surface area contributed by atoms with Gasteiger partial charge in [-0.25, -0.2) is 0 Å². The molecule has 1 aromatic heterocycles. The van der Waals surface area contributed by atoms with E-state index in [1.165, 1.54) is 11.3 Å². The third-order valence-corrected chi connectivity index (χ3v) is 1.18. The maximum atomic E-state index is 8.49. The number of rotatable bonds is 0. The van der Waals surface area contributed by atoms with E-state index in [-0.39, 0.29) is 21.1 Å². The molecule has 1 nitrogen and oxygen atoms in total. The van der Waals surface area contributed by atoms with E-state index in [1.54, 1.807) is 12.1 Å². The van der Waals surface area contributed by atoms with Gasteiger partial charge in [-0.05, 0) is 17.5 Å². The molecule has 0 spiro atoms. The fraction of sp³-hybridized carbons (Fsp3) is 0. The first kappa shape index (κ1) is 7.19. The van der Waals surface area contributed by atoms with Crippen molar-refractivity contribution in [2.24, 2.45) is 0 Å². The van der Waals surface area contributed by atoms with E-state index in [0.29, 0.717) is 5.06 Å². The molecule has 0 amide bonds. The predicted molar refractivity (Wildman–Crippen MR) is 26.0 cm³/mol. The number of thiophene rings is 1. The van der Waals surface area contributed by atoms with Crippen molar-refractivity contribution < 1.29 is 26.2 Å². The van der Waals surface area contributed by atoms with Gasteiger partial charge in [-0.3, -0.25) is 0 Å². The minimum atomic E-state index is 0.